The Balaban J connectivity index is 2.56. The zero-order valence-corrected chi connectivity index (χ0v) is 11.4. The van der Waals surface area contributed by atoms with E-state index in [2.05, 4.69) is 10.5 Å². The Kier molecular flexibility index (Phi) is 5.51. The molecule has 18 heavy (non-hydrogen) atoms. The molecule has 0 bridgehead atoms. The number of hydrazone groups is 1. The van der Waals surface area contributed by atoms with Crippen molar-refractivity contribution in [1.82, 2.24) is 5.43 Å². The number of rotatable bonds is 5. The maximum atomic E-state index is 11.6. The molecule has 1 aromatic rings. The van der Waals surface area contributed by atoms with Gasteiger partial charge in [-0.25, -0.2) is 5.43 Å². The van der Waals surface area contributed by atoms with Crippen molar-refractivity contribution < 1.29 is 14.3 Å². The van der Waals surface area contributed by atoms with Crippen LogP contribution in [0, 0.1) is 5.92 Å². The zero-order valence-electron chi connectivity index (χ0n) is 10.6. The van der Waals surface area contributed by atoms with Crippen LogP contribution in [-0.4, -0.2) is 24.2 Å². The van der Waals surface area contributed by atoms with Crippen LogP contribution in [0.4, 0.5) is 0 Å². The summed E-state index contributed by atoms with van der Waals surface area (Å²) in [6.07, 6.45) is 0. The highest BCUT2D eigenvalue weighted by molar-refractivity contribution is 7.12. The molecule has 1 atom stereocenters. The monoisotopic (exact) mass is 268 g/mol. The van der Waals surface area contributed by atoms with E-state index < -0.39 is 5.92 Å². The molecule has 1 aromatic heterocycles. The number of hydrogen-bond donors (Lipinski definition) is 1. The highest BCUT2D eigenvalue weighted by atomic mass is 32.1. The zero-order chi connectivity index (χ0) is 13.5. The van der Waals surface area contributed by atoms with E-state index in [9.17, 15) is 9.59 Å². The maximum Gasteiger partial charge on any atom is 0.314 e. The molecule has 0 aromatic carbocycles. The van der Waals surface area contributed by atoms with Gasteiger partial charge in [-0.05, 0) is 32.2 Å². The Bertz CT molecular complexity index is 440. The van der Waals surface area contributed by atoms with Crippen molar-refractivity contribution in [1.29, 1.82) is 0 Å². The minimum Gasteiger partial charge on any atom is -0.465 e. The first-order valence-corrected chi connectivity index (χ1v) is 6.48. The number of esters is 1. The molecule has 0 aliphatic heterocycles. The van der Waals surface area contributed by atoms with Crippen LogP contribution in [0.3, 0.4) is 0 Å². The van der Waals surface area contributed by atoms with Gasteiger partial charge >= 0.3 is 5.97 Å². The average Bonchev–Trinajstić information content (AvgIpc) is 2.88. The molecule has 1 rings (SSSR count). The number of hydrogen-bond acceptors (Lipinski definition) is 5. The Morgan fingerprint density at radius 3 is 2.83 bits per heavy atom. The summed E-state index contributed by atoms with van der Waals surface area (Å²) in [5, 5.41) is 5.72. The van der Waals surface area contributed by atoms with E-state index in [-0.39, 0.29) is 11.9 Å². The molecule has 6 heteroatoms. The van der Waals surface area contributed by atoms with Gasteiger partial charge in [-0.2, -0.15) is 5.10 Å². The van der Waals surface area contributed by atoms with Crippen molar-refractivity contribution in [3.8, 4) is 0 Å². The fraction of sp³-hybridized carbons (Fsp3) is 0.417. The summed E-state index contributed by atoms with van der Waals surface area (Å²) in [5.74, 6) is -1.09. The number of thiophene rings is 1. The van der Waals surface area contributed by atoms with Crippen molar-refractivity contribution >= 4 is 28.9 Å². The number of carbonyl (C=O) groups is 2. The molecule has 0 unspecified atom stereocenters. The average molecular weight is 268 g/mol. The predicted molar refractivity (Wildman–Crippen MR) is 70.7 cm³/mol. The summed E-state index contributed by atoms with van der Waals surface area (Å²) in [6, 6.07) is 3.50. The Morgan fingerprint density at radius 1 is 1.56 bits per heavy atom. The molecule has 1 amide bonds. The van der Waals surface area contributed by atoms with Gasteiger partial charge in [0.1, 0.15) is 0 Å². The first-order valence-electron chi connectivity index (χ1n) is 5.61. The van der Waals surface area contributed by atoms with Crippen molar-refractivity contribution in [2.75, 3.05) is 6.61 Å². The third kappa shape index (κ3) is 3.96. The fourth-order valence-electron chi connectivity index (χ4n) is 1.14. The van der Waals surface area contributed by atoms with Crippen molar-refractivity contribution in [2.24, 2.45) is 11.0 Å². The second kappa shape index (κ2) is 6.90. The lowest BCUT2D eigenvalue weighted by atomic mass is 10.1. The van der Waals surface area contributed by atoms with Gasteiger partial charge in [0.15, 0.2) is 0 Å². The second-order valence-corrected chi connectivity index (χ2v) is 4.59. The minimum atomic E-state index is -0.464. The van der Waals surface area contributed by atoms with Gasteiger partial charge in [0, 0.05) is 5.71 Å². The second-order valence-electron chi connectivity index (χ2n) is 3.65. The van der Waals surface area contributed by atoms with Crippen LogP contribution in [-0.2, 0) is 9.53 Å². The standard InChI is InChI=1S/C12H16N2O3S/c1-4-17-12(16)8(2)9(3)13-14-11(15)10-6-5-7-18-10/h5-8H,4H2,1-3H3,(H,14,15)/b13-9-/t8-/m0/s1. The molecule has 0 aliphatic rings. The lowest BCUT2D eigenvalue weighted by molar-refractivity contribution is -0.145. The van der Waals surface area contributed by atoms with E-state index in [4.69, 9.17) is 4.74 Å². The van der Waals surface area contributed by atoms with Gasteiger partial charge < -0.3 is 4.74 Å². The Morgan fingerprint density at radius 2 is 2.28 bits per heavy atom. The lowest BCUT2D eigenvalue weighted by Gasteiger charge is -2.09. The Labute approximate surface area is 110 Å². The normalized spacial score (nSPS) is 12.9. The summed E-state index contributed by atoms with van der Waals surface area (Å²) >= 11 is 1.33. The van der Waals surface area contributed by atoms with Crippen LogP contribution in [0.5, 0.6) is 0 Å². The van der Waals surface area contributed by atoms with Gasteiger partial charge in [0.2, 0.25) is 0 Å². The topological polar surface area (TPSA) is 67.8 Å². The van der Waals surface area contributed by atoms with Gasteiger partial charge in [0.05, 0.1) is 17.4 Å². The quantitative estimate of drug-likeness (QED) is 0.505. The third-order valence-corrected chi connectivity index (χ3v) is 3.21. The number of carbonyl (C=O) groups excluding carboxylic acids is 2. The van der Waals surface area contributed by atoms with E-state index in [1.54, 1.807) is 32.9 Å². The summed E-state index contributed by atoms with van der Waals surface area (Å²) < 4.78 is 4.87. The summed E-state index contributed by atoms with van der Waals surface area (Å²) in [4.78, 5) is 23.6. The maximum absolute atomic E-state index is 11.6. The molecule has 0 saturated heterocycles. The summed E-state index contributed by atoms with van der Waals surface area (Å²) in [6.45, 7) is 5.44. The van der Waals surface area contributed by atoms with E-state index in [1.807, 2.05) is 5.38 Å². The molecular weight excluding hydrogens is 252 g/mol. The van der Waals surface area contributed by atoms with Gasteiger partial charge in [0.25, 0.3) is 5.91 Å². The van der Waals surface area contributed by atoms with E-state index in [0.717, 1.165) is 0 Å². The number of ether oxygens (including phenoxy) is 1. The lowest BCUT2D eigenvalue weighted by Crippen LogP contribution is -2.25. The molecule has 0 fully saturated rings. The summed E-state index contributed by atoms with van der Waals surface area (Å²) in [5.41, 5.74) is 2.93. The van der Waals surface area contributed by atoms with E-state index in [1.165, 1.54) is 11.3 Å². The number of amides is 1. The molecule has 0 aliphatic carbocycles. The largest absolute Gasteiger partial charge is 0.465 e. The van der Waals surface area contributed by atoms with E-state index in [0.29, 0.717) is 17.2 Å². The molecule has 0 spiro atoms. The SMILES string of the molecule is CCOC(=O)[C@@H](C)/C(C)=N\NC(=O)c1cccs1. The Hall–Kier alpha value is -1.69. The molecule has 5 nitrogen and oxygen atoms in total. The fourth-order valence-corrected chi connectivity index (χ4v) is 1.75. The molecule has 1 heterocycles. The molecule has 98 valence electrons. The first-order chi connectivity index (χ1) is 8.56. The van der Waals surface area contributed by atoms with Crippen molar-refractivity contribution in [2.45, 2.75) is 20.8 Å². The van der Waals surface area contributed by atoms with E-state index >= 15 is 0 Å². The number of nitrogens with zero attached hydrogens (tertiary/aromatic N) is 1. The molecule has 0 radical (unpaired) electrons. The van der Waals surface area contributed by atoms with Crippen LogP contribution in [0.15, 0.2) is 22.6 Å². The van der Waals surface area contributed by atoms with Crippen molar-refractivity contribution in [3.05, 3.63) is 22.4 Å². The molecule has 0 saturated carbocycles. The van der Waals surface area contributed by atoms with Gasteiger partial charge in [-0.1, -0.05) is 6.07 Å². The smallest absolute Gasteiger partial charge is 0.314 e. The van der Waals surface area contributed by atoms with Crippen LogP contribution in [0.25, 0.3) is 0 Å². The van der Waals surface area contributed by atoms with Crippen LogP contribution in [0.1, 0.15) is 30.4 Å². The number of nitrogens with one attached hydrogen (secondary N) is 1. The molecular formula is C12H16N2O3S. The highest BCUT2D eigenvalue weighted by Gasteiger charge is 2.17. The predicted octanol–water partition coefficient (Wildman–Crippen LogP) is 2.05. The molecule has 1 N–H and O–H groups in total. The van der Waals surface area contributed by atoms with Gasteiger partial charge in [-0.3, -0.25) is 9.59 Å². The van der Waals surface area contributed by atoms with Crippen LogP contribution >= 0.6 is 11.3 Å². The highest BCUT2D eigenvalue weighted by Crippen LogP contribution is 2.08. The van der Waals surface area contributed by atoms with Crippen molar-refractivity contribution in [3.63, 3.8) is 0 Å². The minimum absolute atomic E-state index is 0.277. The first kappa shape index (κ1) is 14.4. The van der Waals surface area contributed by atoms with Crippen LogP contribution in [0.2, 0.25) is 0 Å². The summed E-state index contributed by atoms with van der Waals surface area (Å²) in [7, 11) is 0. The van der Waals surface area contributed by atoms with Gasteiger partial charge in [-0.15, -0.1) is 11.3 Å². The third-order valence-electron chi connectivity index (χ3n) is 2.35. The van der Waals surface area contributed by atoms with Crippen LogP contribution < -0.4 is 5.43 Å².